The third-order valence-electron chi connectivity index (χ3n) is 5.42. The summed E-state index contributed by atoms with van der Waals surface area (Å²) in [6.45, 7) is 8.43. The third-order valence-corrected chi connectivity index (χ3v) is 5.42. The van der Waals surface area contributed by atoms with Crippen LogP contribution in [0.2, 0.25) is 0 Å². The van der Waals surface area contributed by atoms with Crippen molar-refractivity contribution in [1.82, 2.24) is 9.47 Å². The van der Waals surface area contributed by atoms with E-state index >= 15 is 0 Å². The van der Waals surface area contributed by atoms with Gasteiger partial charge in [-0.05, 0) is 43.8 Å². The van der Waals surface area contributed by atoms with Gasteiger partial charge in [-0.25, -0.2) is 9.59 Å². The Bertz CT molecular complexity index is 970. The molecule has 0 atom stereocenters. The molecular weight excluding hydrogens is 360 g/mol. The summed E-state index contributed by atoms with van der Waals surface area (Å²) in [5, 5.41) is 9.63. The van der Waals surface area contributed by atoms with E-state index < -0.39 is 11.9 Å². The smallest absolute Gasteiger partial charge is 0.338 e. The molecule has 2 aromatic rings. The van der Waals surface area contributed by atoms with Crippen LogP contribution in [0.1, 0.15) is 56.3 Å². The minimum Gasteiger partial charge on any atom is -0.478 e. The first-order valence-corrected chi connectivity index (χ1v) is 9.32. The first kappa shape index (κ1) is 19.8. The number of fused-ring (bicyclic) bond motifs is 3. The van der Waals surface area contributed by atoms with E-state index in [0.717, 1.165) is 13.1 Å². The molecule has 7 nitrogen and oxygen atoms in total. The van der Waals surface area contributed by atoms with Crippen LogP contribution in [0.15, 0.2) is 18.2 Å². The number of benzene rings is 1. The zero-order valence-electron chi connectivity index (χ0n) is 16.5. The number of hydrogen-bond acceptors (Lipinski definition) is 5. The molecule has 0 saturated carbocycles. The number of ether oxygens (including phenoxy) is 1. The lowest BCUT2D eigenvalue weighted by Crippen LogP contribution is -2.27. The highest BCUT2D eigenvalue weighted by atomic mass is 16.5. The number of esters is 1. The number of carboxylic acids is 1. The van der Waals surface area contributed by atoms with Crippen molar-refractivity contribution in [2.75, 3.05) is 26.2 Å². The summed E-state index contributed by atoms with van der Waals surface area (Å²) < 4.78 is 6.96. The van der Waals surface area contributed by atoms with Crippen molar-refractivity contribution in [1.29, 1.82) is 0 Å². The maximum Gasteiger partial charge on any atom is 0.338 e. The van der Waals surface area contributed by atoms with Crippen molar-refractivity contribution in [3.05, 3.63) is 46.3 Å². The molecule has 1 aromatic carbocycles. The fourth-order valence-electron chi connectivity index (χ4n) is 3.69. The standard InChI is InChI=1S/C21H24N2O5/c1-5-23(6-2)9-10-28-21(27)13-7-8-14-15(11-13)17-16(20(25)26)12(3)22(4)18(17)19(14)24/h7-8,11H,5-6,9-10H2,1-4H3,(H,25,26). The van der Waals surface area contributed by atoms with Gasteiger partial charge in [-0.1, -0.05) is 13.8 Å². The van der Waals surface area contributed by atoms with E-state index in [4.69, 9.17) is 4.74 Å². The van der Waals surface area contributed by atoms with E-state index in [1.807, 2.05) is 13.8 Å². The average Bonchev–Trinajstić information content (AvgIpc) is 3.11. The molecule has 148 valence electrons. The number of likely N-dealkylation sites (N-methyl/N-ethyl adjacent to an activating group) is 1. The van der Waals surface area contributed by atoms with Gasteiger partial charge in [0.1, 0.15) is 6.61 Å². The molecule has 0 unspecified atom stereocenters. The maximum atomic E-state index is 12.8. The van der Waals surface area contributed by atoms with Crippen LogP contribution in [0.3, 0.4) is 0 Å². The number of rotatable bonds is 7. The largest absolute Gasteiger partial charge is 0.478 e. The molecule has 1 heterocycles. The van der Waals surface area contributed by atoms with Crippen LogP contribution in [-0.2, 0) is 11.8 Å². The number of nitrogens with zero attached hydrogens (tertiary/aromatic N) is 2. The zero-order valence-corrected chi connectivity index (χ0v) is 16.5. The first-order chi connectivity index (χ1) is 13.3. The first-order valence-electron chi connectivity index (χ1n) is 9.32. The summed E-state index contributed by atoms with van der Waals surface area (Å²) in [7, 11) is 1.67. The Hall–Kier alpha value is -2.93. The molecule has 0 spiro atoms. The molecular formula is C21H24N2O5. The molecule has 0 saturated heterocycles. The van der Waals surface area contributed by atoms with Gasteiger partial charge in [0.2, 0.25) is 5.78 Å². The maximum absolute atomic E-state index is 12.8. The molecule has 0 radical (unpaired) electrons. The van der Waals surface area contributed by atoms with E-state index in [2.05, 4.69) is 4.90 Å². The molecule has 0 aliphatic heterocycles. The van der Waals surface area contributed by atoms with Gasteiger partial charge in [0, 0.05) is 30.4 Å². The van der Waals surface area contributed by atoms with Crippen molar-refractivity contribution in [2.45, 2.75) is 20.8 Å². The Balaban J connectivity index is 1.93. The second-order valence-corrected chi connectivity index (χ2v) is 6.80. The molecule has 1 N–H and O–H groups in total. The fraction of sp³-hybridized carbons (Fsp3) is 0.381. The van der Waals surface area contributed by atoms with Gasteiger partial charge in [0.15, 0.2) is 0 Å². The summed E-state index contributed by atoms with van der Waals surface area (Å²) in [5.74, 6) is -1.81. The van der Waals surface area contributed by atoms with E-state index in [-0.39, 0.29) is 18.0 Å². The van der Waals surface area contributed by atoms with Crippen LogP contribution >= 0.6 is 0 Å². The lowest BCUT2D eigenvalue weighted by atomic mass is 10.00. The second-order valence-electron chi connectivity index (χ2n) is 6.80. The summed E-state index contributed by atoms with van der Waals surface area (Å²) in [5.41, 5.74) is 2.50. The average molecular weight is 384 g/mol. The van der Waals surface area contributed by atoms with Crippen molar-refractivity contribution >= 4 is 17.7 Å². The molecule has 3 rings (SSSR count). The number of carbonyl (C=O) groups excluding carboxylic acids is 2. The molecule has 7 heteroatoms. The minimum absolute atomic E-state index is 0.0941. The minimum atomic E-state index is -1.10. The molecule has 1 aliphatic rings. The van der Waals surface area contributed by atoms with Crippen LogP contribution in [-0.4, -0.2) is 58.5 Å². The number of carbonyl (C=O) groups is 3. The Kier molecular flexibility index (Phi) is 5.38. The van der Waals surface area contributed by atoms with Gasteiger partial charge in [0.05, 0.1) is 16.8 Å². The molecule has 0 bridgehead atoms. The lowest BCUT2D eigenvalue weighted by Gasteiger charge is -2.17. The Morgan fingerprint density at radius 2 is 1.86 bits per heavy atom. The predicted molar refractivity (Wildman–Crippen MR) is 104 cm³/mol. The van der Waals surface area contributed by atoms with Gasteiger partial charge >= 0.3 is 11.9 Å². The quantitative estimate of drug-likeness (QED) is 0.630. The van der Waals surface area contributed by atoms with Gasteiger partial charge in [-0.3, -0.25) is 4.79 Å². The molecule has 28 heavy (non-hydrogen) atoms. The Morgan fingerprint density at radius 1 is 1.18 bits per heavy atom. The van der Waals surface area contributed by atoms with Gasteiger partial charge in [-0.2, -0.15) is 0 Å². The van der Waals surface area contributed by atoms with E-state index in [9.17, 15) is 19.5 Å². The van der Waals surface area contributed by atoms with Crippen LogP contribution in [0.25, 0.3) is 11.1 Å². The summed E-state index contributed by atoms with van der Waals surface area (Å²) in [6.07, 6.45) is 0. The number of carboxylic acid groups (broad SMARTS) is 1. The van der Waals surface area contributed by atoms with Gasteiger partial charge in [0.25, 0.3) is 0 Å². The van der Waals surface area contributed by atoms with Crippen LogP contribution in [0.4, 0.5) is 0 Å². The van der Waals surface area contributed by atoms with E-state index in [1.165, 1.54) is 0 Å². The molecule has 1 aromatic heterocycles. The summed E-state index contributed by atoms with van der Waals surface area (Å²) >= 11 is 0. The molecule has 1 aliphatic carbocycles. The van der Waals surface area contributed by atoms with Gasteiger partial charge < -0.3 is 19.3 Å². The Labute approximate surface area is 163 Å². The van der Waals surface area contributed by atoms with E-state index in [1.54, 1.807) is 36.7 Å². The van der Waals surface area contributed by atoms with Crippen molar-refractivity contribution < 1.29 is 24.2 Å². The highest BCUT2D eigenvalue weighted by molar-refractivity contribution is 6.24. The number of aromatic nitrogens is 1. The summed E-state index contributed by atoms with van der Waals surface area (Å²) in [6, 6.07) is 4.68. The molecule has 0 amide bonds. The fourth-order valence-corrected chi connectivity index (χ4v) is 3.69. The summed E-state index contributed by atoms with van der Waals surface area (Å²) in [4.78, 5) is 39.1. The second kappa shape index (κ2) is 7.59. The Morgan fingerprint density at radius 3 is 2.46 bits per heavy atom. The number of ketones is 1. The van der Waals surface area contributed by atoms with Crippen LogP contribution in [0, 0.1) is 6.92 Å². The lowest BCUT2D eigenvalue weighted by molar-refractivity contribution is 0.0466. The van der Waals surface area contributed by atoms with E-state index in [0.29, 0.717) is 40.2 Å². The number of aromatic carboxylic acids is 1. The van der Waals surface area contributed by atoms with Crippen molar-refractivity contribution in [3.63, 3.8) is 0 Å². The monoisotopic (exact) mass is 384 g/mol. The predicted octanol–water partition coefficient (Wildman–Crippen LogP) is 2.74. The van der Waals surface area contributed by atoms with Crippen molar-refractivity contribution in [3.8, 4) is 11.1 Å². The van der Waals surface area contributed by atoms with Crippen LogP contribution < -0.4 is 0 Å². The van der Waals surface area contributed by atoms with Crippen molar-refractivity contribution in [2.24, 2.45) is 7.05 Å². The SMILES string of the molecule is CCN(CC)CCOC(=O)c1ccc2c(c1)-c1c(C(=O)O)c(C)n(C)c1C2=O. The number of hydrogen-bond donors (Lipinski definition) is 1. The van der Waals surface area contributed by atoms with Gasteiger partial charge in [-0.15, -0.1) is 0 Å². The zero-order chi connectivity index (χ0) is 20.6. The molecule has 0 fully saturated rings. The highest BCUT2D eigenvalue weighted by Gasteiger charge is 2.36. The normalized spacial score (nSPS) is 12.2. The topological polar surface area (TPSA) is 88.8 Å². The third kappa shape index (κ3) is 3.11. The highest BCUT2D eigenvalue weighted by Crippen LogP contribution is 2.42. The van der Waals surface area contributed by atoms with Crippen LogP contribution in [0.5, 0.6) is 0 Å².